The molecule has 0 saturated heterocycles. The summed E-state index contributed by atoms with van der Waals surface area (Å²) in [7, 11) is -3.67. The van der Waals surface area contributed by atoms with Gasteiger partial charge in [0.05, 0.1) is 24.6 Å². The van der Waals surface area contributed by atoms with E-state index in [1.54, 1.807) is 31.2 Å². The van der Waals surface area contributed by atoms with Crippen molar-refractivity contribution in [3.63, 3.8) is 0 Å². The molecule has 0 spiro atoms. The van der Waals surface area contributed by atoms with Crippen LogP contribution >= 0.6 is 0 Å². The van der Waals surface area contributed by atoms with Crippen LogP contribution in [0.5, 0.6) is 5.75 Å². The summed E-state index contributed by atoms with van der Waals surface area (Å²) in [6.07, 6.45) is 1.10. The third-order valence-corrected chi connectivity index (χ3v) is 5.99. The van der Waals surface area contributed by atoms with E-state index in [4.69, 9.17) is 4.74 Å². The van der Waals surface area contributed by atoms with Crippen molar-refractivity contribution < 1.29 is 17.9 Å². The van der Waals surface area contributed by atoms with Crippen molar-refractivity contribution in [1.29, 1.82) is 0 Å². The molecule has 0 heterocycles. The lowest BCUT2D eigenvalue weighted by Crippen LogP contribution is -2.48. The van der Waals surface area contributed by atoms with Crippen LogP contribution in [-0.4, -0.2) is 33.2 Å². The maximum absolute atomic E-state index is 12.9. The minimum Gasteiger partial charge on any atom is -0.494 e. The van der Waals surface area contributed by atoms with E-state index in [0.29, 0.717) is 18.0 Å². The van der Waals surface area contributed by atoms with Crippen molar-refractivity contribution in [3.05, 3.63) is 59.2 Å². The maximum atomic E-state index is 12.9. The van der Waals surface area contributed by atoms with Gasteiger partial charge >= 0.3 is 0 Å². The van der Waals surface area contributed by atoms with E-state index in [-0.39, 0.29) is 11.9 Å². The van der Waals surface area contributed by atoms with Crippen LogP contribution < -0.4 is 14.4 Å². The molecule has 0 bridgehead atoms. The number of sulfonamides is 1. The molecule has 29 heavy (non-hydrogen) atoms. The summed E-state index contributed by atoms with van der Waals surface area (Å²) in [6, 6.07) is 11.6. The second kappa shape index (κ2) is 9.31. The number of aryl methyl sites for hydroxylation is 2. The molecular weight excluding hydrogens is 388 g/mol. The van der Waals surface area contributed by atoms with Gasteiger partial charge in [-0.25, -0.2) is 8.42 Å². The molecule has 2 atom stereocenters. The molecule has 6 nitrogen and oxygen atoms in total. The number of rotatable bonds is 8. The van der Waals surface area contributed by atoms with Crippen LogP contribution in [0.3, 0.4) is 0 Å². The van der Waals surface area contributed by atoms with Gasteiger partial charge in [0.25, 0.3) is 0 Å². The molecule has 2 rings (SSSR count). The summed E-state index contributed by atoms with van der Waals surface area (Å²) in [5, 5.41) is 2.95. The predicted octanol–water partition coefficient (Wildman–Crippen LogP) is 3.73. The van der Waals surface area contributed by atoms with Crippen molar-refractivity contribution in [3.8, 4) is 5.75 Å². The van der Waals surface area contributed by atoms with Crippen molar-refractivity contribution in [2.75, 3.05) is 17.2 Å². The number of carbonyl (C=O) groups excluding carboxylic acids is 1. The van der Waals surface area contributed by atoms with Gasteiger partial charge in [-0.3, -0.25) is 9.10 Å². The van der Waals surface area contributed by atoms with Crippen LogP contribution in [0.4, 0.5) is 5.69 Å². The van der Waals surface area contributed by atoms with Crippen LogP contribution in [-0.2, 0) is 14.8 Å². The zero-order chi connectivity index (χ0) is 21.8. The Morgan fingerprint density at radius 1 is 1.10 bits per heavy atom. The molecule has 0 aromatic heterocycles. The van der Waals surface area contributed by atoms with E-state index in [9.17, 15) is 13.2 Å². The first-order valence-electron chi connectivity index (χ1n) is 9.64. The summed E-state index contributed by atoms with van der Waals surface area (Å²) in [5.74, 6) is 0.281. The number of carbonyl (C=O) groups is 1. The first-order chi connectivity index (χ1) is 13.5. The third-order valence-electron chi connectivity index (χ3n) is 4.75. The highest BCUT2D eigenvalue weighted by Gasteiger charge is 2.30. The van der Waals surface area contributed by atoms with Crippen molar-refractivity contribution in [1.82, 2.24) is 5.32 Å². The number of benzene rings is 2. The molecule has 1 amide bonds. The van der Waals surface area contributed by atoms with E-state index >= 15 is 0 Å². The smallest absolute Gasteiger partial charge is 0.244 e. The van der Waals surface area contributed by atoms with Gasteiger partial charge in [0.1, 0.15) is 11.8 Å². The molecule has 0 aliphatic rings. The average molecular weight is 419 g/mol. The Kier molecular flexibility index (Phi) is 7.30. The monoisotopic (exact) mass is 418 g/mol. The second-order valence-electron chi connectivity index (χ2n) is 7.25. The molecule has 0 radical (unpaired) electrons. The summed E-state index contributed by atoms with van der Waals surface area (Å²) in [4.78, 5) is 12.9. The fourth-order valence-corrected chi connectivity index (χ4v) is 4.48. The van der Waals surface area contributed by atoms with Crippen molar-refractivity contribution in [2.24, 2.45) is 0 Å². The third kappa shape index (κ3) is 5.73. The molecule has 7 heteroatoms. The number of ether oxygens (including phenoxy) is 1. The normalized spacial score (nSPS) is 13.4. The molecule has 0 saturated carbocycles. The summed E-state index contributed by atoms with van der Waals surface area (Å²) < 4.78 is 31.5. The molecule has 1 N–H and O–H groups in total. The summed E-state index contributed by atoms with van der Waals surface area (Å²) in [5.41, 5.74) is 3.60. The van der Waals surface area contributed by atoms with Crippen molar-refractivity contribution in [2.45, 2.75) is 46.7 Å². The lowest BCUT2D eigenvalue weighted by Gasteiger charge is -2.29. The molecule has 0 aliphatic carbocycles. The largest absolute Gasteiger partial charge is 0.494 e. The standard InChI is InChI=1S/C22H30N2O4S/c1-7-28-20-12-10-19(11-13-20)24(29(6,26)27)18(5)22(25)23-17(4)21-14-15(2)8-9-16(21)3/h8-14,17-18H,7H2,1-6H3,(H,23,25)/t17-,18-/m0/s1. The van der Waals surface area contributed by atoms with E-state index < -0.39 is 16.1 Å². The zero-order valence-corrected chi connectivity index (χ0v) is 18.7. The summed E-state index contributed by atoms with van der Waals surface area (Å²) >= 11 is 0. The lowest BCUT2D eigenvalue weighted by atomic mass is 10.00. The van der Waals surface area contributed by atoms with Gasteiger partial charge in [-0.05, 0) is 70.0 Å². The number of nitrogens with one attached hydrogen (secondary N) is 1. The van der Waals surface area contributed by atoms with Gasteiger partial charge in [-0.15, -0.1) is 0 Å². The van der Waals surface area contributed by atoms with Crippen LogP contribution in [0.15, 0.2) is 42.5 Å². The van der Waals surface area contributed by atoms with E-state index in [2.05, 4.69) is 5.32 Å². The molecule has 0 fully saturated rings. The molecule has 2 aromatic rings. The quantitative estimate of drug-likeness (QED) is 0.709. The molecule has 0 unspecified atom stereocenters. The Morgan fingerprint density at radius 3 is 2.28 bits per heavy atom. The van der Waals surface area contributed by atoms with Gasteiger partial charge in [0, 0.05) is 0 Å². The minimum absolute atomic E-state index is 0.244. The first kappa shape index (κ1) is 22.7. The topological polar surface area (TPSA) is 75.7 Å². The number of anilines is 1. The zero-order valence-electron chi connectivity index (χ0n) is 17.9. The summed E-state index contributed by atoms with van der Waals surface area (Å²) in [6.45, 7) is 9.86. The number of amides is 1. The molecule has 0 aliphatic heterocycles. The van der Waals surface area contributed by atoms with Gasteiger partial charge in [-0.2, -0.15) is 0 Å². The second-order valence-corrected chi connectivity index (χ2v) is 9.11. The lowest BCUT2D eigenvalue weighted by molar-refractivity contribution is -0.122. The van der Waals surface area contributed by atoms with Gasteiger partial charge in [0.15, 0.2) is 0 Å². The van der Waals surface area contributed by atoms with Crippen LogP contribution in [0.25, 0.3) is 0 Å². The highest BCUT2D eigenvalue weighted by Crippen LogP contribution is 2.25. The first-order valence-corrected chi connectivity index (χ1v) is 11.5. The van der Waals surface area contributed by atoms with E-state index in [1.807, 2.05) is 45.9 Å². The Labute approximate surface area is 173 Å². The molecular formula is C22H30N2O4S. The number of nitrogens with zero attached hydrogens (tertiary/aromatic N) is 1. The Morgan fingerprint density at radius 2 is 1.72 bits per heavy atom. The Balaban J connectivity index is 2.25. The average Bonchev–Trinajstić information content (AvgIpc) is 2.64. The Bertz CT molecular complexity index is 955. The van der Waals surface area contributed by atoms with Gasteiger partial charge in [0.2, 0.25) is 15.9 Å². The molecule has 2 aromatic carbocycles. The van der Waals surface area contributed by atoms with Crippen LogP contribution in [0.2, 0.25) is 0 Å². The minimum atomic E-state index is -3.67. The van der Waals surface area contributed by atoms with Crippen LogP contribution in [0, 0.1) is 13.8 Å². The van der Waals surface area contributed by atoms with Crippen LogP contribution in [0.1, 0.15) is 43.5 Å². The van der Waals surface area contributed by atoms with E-state index in [0.717, 1.165) is 27.3 Å². The number of hydrogen-bond donors (Lipinski definition) is 1. The predicted molar refractivity (Wildman–Crippen MR) is 117 cm³/mol. The Hall–Kier alpha value is -2.54. The SMILES string of the molecule is CCOc1ccc(N([C@@H](C)C(=O)N[C@@H](C)c2cc(C)ccc2C)S(C)(=O)=O)cc1. The highest BCUT2D eigenvalue weighted by atomic mass is 32.2. The number of hydrogen-bond acceptors (Lipinski definition) is 4. The van der Waals surface area contributed by atoms with Gasteiger partial charge in [-0.1, -0.05) is 23.8 Å². The fourth-order valence-electron chi connectivity index (χ4n) is 3.30. The maximum Gasteiger partial charge on any atom is 0.244 e. The highest BCUT2D eigenvalue weighted by molar-refractivity contribution is 7.92. The fraction of sp³-hybridized carbons (Fsp3) is 0.409. The van der Waals surface area contributed by atoms with Gasteiger partial charge < -0.3 is 10.1 Å². The van der Waals surface area contributed by atoms with Crippen molar-refractivity contribution >= 4 is 21.6 Å². The van der Waals surface area contributed by atoms with E-state index in [1.165, 1.54) is 0 Å². The molecule has 158 valence electrons.